The molecule has 0 fully saturated rings. The van der Waals surface area contributed by atoms with Gasteiger partial charge in [-0.25, -0.2) is 0 Å². The highest BCUT2D eigenvalue weighted by molar-refractivity contribution is 9.11. The lowest BCUT2D eigenvalue weighted by atomic mass is 10.1. The minimum atomic E-state index is 0.0942. The summed E-state index contributed by atoms with van der Waals surface area (Å²) in [5.41, 5.74) is 0.672. The van der Waals surface area contributed by atoms with E-state index in [1.165, 1.54) is 0 Å². The van der Waals surface area contributed by atoms with Crippen molar-refractivity contribution in [3.05, 3.63) is 54.1 Å². The summed E-state index contributed by atoms with van der Waals surface area (Å²) in [5.74, 6) is 0.0942. The molecule has 0 aliphatic rings. The predicted molar refractivity (Wildman–Crippen MR) is 79.2 cm³/mol. The summed E-state index contributed by atoms with van der Waals surface area (Å²) in [4.78, 5) is 13.1. The molecular weight excluding hydrogens is 387 g/mol. The van der Waals surface area contributed by atoms with Crippen molar-refractivity contribution >= 4 is 60.6 Å². The molecule has 0 saturated carbocycles. The van der Waals surface area contributed by atoms with Crippen LogP contribution in [-0.4, -0.2) is 5.78 Å². The molecule has 0 unspecified atom stereocenters. The van der Waals surface area contributed by atoms with Crippen molar-refractivity contribution in [2.45, 2.75) is 6.42 Å². The first kappa shape index (κ1) is 13.3. The van der Waals surface area contributed by atoms with Crippen molar-refractivity contribution in [2.75, 3.05) is 0 Å². The zero-order valence-corrected chi connectivity index (χ0v) is 13.3. The Bertz CT molecular complexity index is 565. The van der Waals surface area contributed by atoms with E-state index < -0.39 is 0 Å². The van der Waals surface area contributed by atoms with Crippen molar-refractivity contribution in [2.24, 2.45) is 0 Å². The van der Waals surface area contributed by atoms with Gasteiger partial charge >= 0.3 is 0 Å². The zero-order chi connectivity index (χ0) is 12.4. The van der Waals surface area contributed by atoms with Gasteiger partial charge in [0.1, 0.15) is 0 Å². The van der Waals surface area contributed by atoms with Crippen molar-refractivity contribution in [3.8, 4) is 0 Å². The second-order valence-corrected chi connectivity index (χ2v) is 7.24. The van der Waals surface area contributed by atoms with Crippen molar-refractivity contribution < 1.29 is 4.79 Å². The van der Waals surface area contributed by atoms with Gasteiger partial charge in [-0.1, -0.05) is 11.6 Å². The van der Waals surface area contributed by atoms with Gasteiger partial charge in [0.15, 0.2) is 5.78 Å². The number of Topliss-reactive ketones (excluding diaryl/α,β-unsaturated/α-hetero) is 1. The number of carbonyl (C=O) groups is 1. The summed E-state index contributed by atoms with van der Waals surface area (Å²) < 4.78 is 1.79. The van der Waals surface area contributed by atoms with Gasteiger partial charge in [0.25, 0.3) is 0 Å². The van der Waals surface area contributed by atoms with Crippen LogP contribution in [0.2, 0.25) is 5.02 Å². The van der Waals surface area contributed by atoms with E-state index in [2.05, 4.69) is 31.9 Å². The second kappa shape index (κ2) is 5.65. The van der Waals surface area contributed by atoms with Crippen LogP contribution in [-0.2, 0) is 6.42 Å². The first-order valence-corrected chi connectivity index (χ1v) is 7.57. The maximum absolute atomic E-state index is 12.0. The summed E-state index contributed by atoms with van der Waals surface area (Å²) in [7, 11) is 0. The molecule has 0 aliphatic carbocycles. The molecule has 0 aliphatic heterocycles. The average Bonchev–Trinajstić information content (AvgIpc) is 2.68. The summed E-state index contributed by atoms with van der Waals surface area (Å²) in [6, 6.07) is 9.14. The van der Waals surface area contributed by atoms with E-state index in [9.17, 15) is 4.79 Å². The molecule has 0 atom stereocenters. The number of ketones is 1. The lowest BCUT2D eigenvalue weighted by Gasteiger charge is -2.01. The van der Waals surface area contributed by atoms with E-state index in [0.29, 0.717) is 17.0 Å². The van der Waals surface area contributed by atoms with Crippen LogP contribution in [0.1, 0.15) is 15.2 Å². The van der Waals surface area contributed by atoms with E-state index in [-0.39, 0.29) is 5.78 Å². The maximum atomic E-state index is 12.0. The fraction of sp³-hybridized carbons (Fsp3) is 0.0833. The zero-order valence-electron chi connectivity index (χ0n) is 8.54. The normalized spacial score (nSPS) is 10.5. The molecule has 0 amide bonds. The number of carbonyl (C=O) groups excluding carboxylic acids is 1. The Morgan fingerprint density at radius 1 is 1.24 bits per heavy atom. The van der Waals surface area contributed by atoms with Gasteiger partial charge in [-0.05, 0) is 62.2 Å². The Hall–Kier alpha value is -0.160. The minimum Gasteiger partial charge on any atom is -0.294 e. The van der Waals surface area contributed by atoms with Crippen LogP contribution in [0, 0.1) is 0 Å². The Morgan fingerprint density at radius 2 is 2.00 bits per heavy atom. The fourth-order valence-electron chi connectivity index (χ4n) is 1.38. The molecule has 2 aromatic rings. The fourth-order valence-corrected chi connectivity index (χ4v) is 3.35. The van der Waals surface area contributed by atoms with Gasteiger partial charge in [0, 0.05) is 21.3 Å². The minimum absolute atomic E-state index is 0.0942. The molecule has 88 valence electrons. The van der Waals surface area contributed by atoms with E-state index >= 15 is 0 Å². The van der Waals surface area contributed by atoms with E-state index in [0.717, 1.165) is 13.1 Å². The topological polar surface area (TPSA) is 17.1 Å². The molecule has 0 bridgehead atoms. The first-order valence-electron chi connectivity index (χ1n) is 4.79. The number of halogens is 3. The van der Waals surface area contributed by atoms with Crippen LogP contribution < -0.4 is 0 Å². The second-order valence-electron chi connectivity index (χ2n) is 3.43. The summed E-state index contributed by atoms with van der Waals surface area (Å²) in [6.45, 7) is 0. The summed E-state index contributed by atoms with van der Waals surface area (Å²) >= 11 is 14.2. The van der Waals surface area contributed by atoms with Crippen LogP contribution in [0.3, 0.4) is 0 Å². The van der Waals surface area contributed by atoms with Crippen LogP contribution in [0.15, 0.2) is 38.6 Å². The molecule has 1 aromatic carbocycles. The third-order valence-corrected chi connectivity index (χ3v) is 5.04. The number of rotatable bonds is 3. The third kappa shape index (κ3) is 3.41. The highest BCUT2D eigenvalue weighted by atomic mass is 79.9. The molecule has 5 heteroatoms. The standard InChI is InChI=1S/C12H7Br2ClOS/c13-9-5-7(1-3-10(9)15)11(16)6-8-2-4-12(14)17-8/h1-5H,6H2. The highest BCUT2D eigenvalue weighted by Gasteiger charge is 2.10. The molecule has 0 radical (unpaired) electrons. The van der Waals surface area contributed by atoms with Gasteiger partial charge in [0.05, 0.1) is 8.81 Å². The van der Waals surface area contributed by atoms with Crippen LogP contribution >= 0.6 is 54.8 Å². The predicted octanol–water partition coefficient (Wildman–Crippen LogP) is 5.35. The first-order chi connectivity index (χ1) is 8.06. The monoisotopic (exact) mass is 392 g/mol. The smallest absolute Gasteiger partial charge is 0.168 e. The highest BCUT2D eigenvalue weighted by Crippen LogP contribution is 2.26. The summed E-state index contributed by atoms with van der Waals surface area (Å²) in [6.07, 6.45) is 0.421. The van der Waals surface area contributed by atoms with Crippen molar-refractivity contribution in [3.63, 3.8) is 0 Å². The Morgan fingerprint density at radius 3 is 2.59 bits per heavy atom. The maximum Gasteiger partial charge on any atom is 0.168 e. The molecule has 2 rings (SSSR count). The third-order valence-electron chi connectivity index (χ3n) is 2.21. The number of hydrogen-bond donors (Lipinski definition) is 0. The number of hydrogen-bond acceptors (Lipinski definition) is 2. The van der Waals surface area contributed by atoms with E-state index in [1.54, 1.807) is 29.5 Å². The molecule has 0 N–H and O–H groups in total. The lowest BCUT2D eigenvalue weighted by molar-refractivity contribution is 0.0994. The molecule has 1 heterocycles. The summed E-state index contributed by atoms with van der Waals surface area (Å²) in [5, 5.41) is 0.611. The molecule has 1 nitrogen and oxygen atoms in total. The van der Waals surface area contributed by atoms with Crippen LogP contribution in [0.4, 0.5) is 0 Å². The molecule has 0 spiro atoms. The molecular formula is C12H7Br2ClOS. The molecule has 0 saturated heterocycles. The lowest BCUT2D eigenvalue weighted by Crippen LogP contribution is -2.02. The van der Waals surface area contributed by atoms with Crippen molar-refractivity contribution in [1.82, 2.24) is 0 Å². The molecule has 17 heavy (non-hydrogen) atoms. The van der Waals surface area contributed by atoms with Gasteiger partial charge in [-0.2, -0.15) is 0 Å². The van der Waals surface area contributed by atoms with Gasteiger partial charge in [-0.3, -0.25) is 4.79 Å². The Kier molecular flexibility index (Phi) is 4.42. The van der Waals surface area contributed by atoms with E-state index in [1.807, 2.05) is 12.1 Å². The van der Waals surface area contributed by atoms with Gasteiger partial charge in [-0.15, -0.1) is 11.3 Å². The van der Waals surface area contributed by atoms with Gasteiger partial charge < -0.3 is 0 Å². The quantitative estimate of drug-likeness (QED) is 0.641. The number of benzene rings is 1. The molecule has 1 aromatic heterocycles. The Balaban J connectivity index is 2.17. The Labute approximate surface area is 125 Å². The van der Waals surface area contributed by atoms with E-state index in [4.69, 9.17) is 11.6 Å². The van der Waals surface area contributed by atoms with Crippen molar-refractivity contribution in [1.29, 1.82) is 0 Å². The van der Waals surface area contributed by atoms with Crippen LogP contribution in [0.25, 0.3) is 0 Å². The average molecular weight is 395 g/mol. The van der Waals surface area contributed by atoms with Crippen LogP contribution in [0.5, 0.6) is 0 Å². The van der Waals surface area contributed by atoms with Gasteiger partial charge in [0.2, 0.25) is 0 Å². The SMILES string of the molecule is O=C(Cc1ccc(Br)s1)c1ccc(Cl)c(Br)c1. The number of thiophene rings is 1. The largest absolute Gasteiger partial charge is 0.294 e.